The SMILES string of the molecule is O=C(N[C@H]1Sc2ccccc2N=C1c1ccc(F)cc1)c1ccccc1. The van der Waals surface area contributed by atoms with Gasteiger partial charge in [0.2, 0.25) is 0 Å². The van der Waals surface area contributed by atoms with Gasteiger partial charge in [-0.15, -0.1) is 0 Å². The molecule has 1 aliphatic heterocycles. The van der Waals surface area contributed by atoms with Gasteiger partial charge in [-0.25, -0.2) is 9.38 Å². The molecule has 1 aliphatic rings. The predicted molar refractivity (Wildman–Crippen MR) is 103 cm³/mol. The first-order valence-corrected chi connectivity index (χ1v) is 9.05. The number of thioether (sulfide) groups is 1. The van der Waals surface area contributed by atoms with Gasteiger partial charge in [0.05, 0.1) is 11.4 Å². The monoisotopic (exact) mass is 362 g/mol. The molecule has 5 heteroatoms. The first kappa shape index (κ1) is 16.5. The molecule has 0 aromatic heterocycles. The Morgan fingerprint density at radius 3 is 2.38 bits per heavy atom. The van der Waals surface area contributed by atoms with Crippen LogP contribution in [0, 0.1) is 5.82 Å². The lowest BCUT2D eigenvalue weighted by Gasteiger charge is -2.25. The van der Waals surface area contributed by atoms with E-state index in [1.165, 1.54) is 23.9 Å². The maximum atomic E-state index is 13.3. The first-order chi connectivity index (χ1) is 12.7. The van der Waals surface area contributed by atoms with Gasteiger partial charge in [0.25, 0.3) is 5.91 Å². The summed E-state index contributed by atoms with van der Waals surface area (Å²) in [5.41, 5.74) is 2.93. The molecule has 0 saturated heterocycles. The van der Waals surface area contributed by atoms with Crippen molar-refractivity contribution in [1.29, 1.82) is 0 Å². The smallest absolute Gasteiger partial charge is 0.252 e. The van der Waals surface area contributed by atoms with Crippen molar-refractivity contribution in [3.63, 3.8) is 0 Å². The van der Waals surface area contributed by atoms with Crippen LogP contribution in [-0.2, 0) is 0 Å². The quantitative estimate of drug-likeness (QED) is 0.727. The van der Waals surface area contributed by atoms with Crippen LogP contribution < -0.4 is 5.32 Å². The molecule has 0 fully saturated rings. The highest BCUT2D eigenvalue weighted by Gasteiger charge is 2.27. The number of rotatable bonds is 3. The highest BCUT2D eigenvalue weighted by atomic mass is 32.2. The normalized spacial score (nSPS) is 15.7. The lowest BCUT2D eigenvalue weighted by atomic mass is 10.1. The maximum absolute atomic E-state index is 13.3. The Bertz CT molecular complexity index is 971. The van der Waals surface area contributed by atoms with Crippen molar-refractivity contribution in [3.05, 3.63) is 95.8 Å². The molecule has 0 unspecified atom stereocenters. The Labute approximate surface area is 155 Å². The van der Waals surface area contributed by atoms with Gasteiger partial charge in [-0.3, -0.25) is 4.79 Å². The molecule has 4 rings (SSSR count). The number of hydrogen-bond donors (Lipinski definition) is 1. The number of fused-ring (bicyclic) bond motifs is 1. The molecule has 3 aromatic carbocycles. The molecule has 1 N–H and O–H groups in total. The second-order valence-electron chi connectivity index (χ2n) is 5.81. The number of para-hydroxylation sites is 1. The van der Waals surface area contributed by atoms with E-state index in [0.29, 0.717) is 11.3 Å². The van der Waals surface area contributed by atoms with E-state index < -0.39 is 0 Å². The van der Waals surface area contributed by atoms with Gasteiger partial charge >= 0.3 is 0 Å². The zero-order valence-corrected chi connectivity index (χ0v) is 14.5. The van der Waals surface area contributed by atoms with Crippen LogP contribution in [0.3, 0.4) is 0 Å². The number of amides is 1. The summed E-state index contributed by atoms with van der Waals surface area (Å²) in [5, 5.41) is 2.68. The number of nitrogens with one attached hydrogen (secondary N) is 1. The summed E-state index contributed by atoms with van der Waals surface area (Å²) in [6.07, 6.45) is 0. The number of benzene rings is 3. The van der Waals surface area contributed by atoms with Gasteiger partial charge in [0, 0.05) is 10.5 Å². The minimum Gasteiger partial charge on any atom is -0.334 e. The Morgan fingerprint density at radius 2 is 1.62 bits per heavy atom. The number of hydrogen-bond acceptors (Lipinski definition) is 3. The van der Waals surface area contributed by atoms with E-state index in [1.807, 2.05) is 42.5 Å². The van der Waals surface area contributed by atoms with Gasteiger partial charge in [-0.1, -0.05) is 54.2 Å². The molecule has 128 valence electrons. The van der Waals surface area contributed by atoms with Gasteiger partial charge < -0.3 is 5.32 Å². The average Bonchev–Trinajstić information content (AvgIpc) is 2.69. The molecular weight excluding hydrogens is 347 g/mol. The third-order valence-corrected chi connectivity index (χ3v) is 5.21. The molecule has 3 nitrogen and oxygen atoms in total. The van der Waals surface area contributed by atoms with E-state index in [2.05, 4.69) is 5.32 Å². The molecule has 0 saturated carbocycles. The summed E-state index contributed by atoms with van der Waals surface area (Å²) in [7, 11) is 0. The molecule has 26 heavy (non-hydrogen) atoms. The van der Waals surface area contributed by atoms with Crippen molar-refractivity contribution in [1.82, 2.24) is 5.32 Å². The third-order valence-electron chi connectivity index (χ3n) is 4.04. The third kappa shape index (κ3) is 3.39. The highest BCUT2D eigenvalue weighted by molar-refractivity contribution is 8.00. The average molecular weight is 362 g/mol. The van der Waals surface area contributed by atoms with Crippen molar-refractivity contribution in [2.75, 3.05) is 0 Å². The van der Waals surface area contributed by atoms with Crippen LogP contribution in [0.1, 0.15) is 15.9 Å². The van der Waals surface area contributed by atoms with Crippen LogP contribution in [0.4, 0.5) is 10.1 Å². The number of nitrogens with zero attached hydrogens (tertiary/aromatic N) is 1. The van der Waals surface area contributed by atoms with Crippen LogP contribution in [0.2, 0.25) is 0 Å². The van der Waals surface area contributed by atoms with Crippen LogP contribution in [0.25, 0.3) is 0 Å². The van der Waals surface area contributed by atoms with Crippen molar-refractivity contribution >= 4 is 29.1 Å². The lowest BCUT2D eigenvalue weighted by Crippen LogP contribution is -2.39. The predicted octanol–water partition coefficient (Wildman–Crippen LogP) is 4.81. The van der Waals surface area contributed by atoms with Crippen LogP contribution in [0.15, 0.2) is 88.8 Å². The molecule has 0 spiro atoms. The minimum atomic E-state index is -0.358. The standard InChI is InChI=1S/C21H15FN2OS/c22-16-12-10-14(11-13-16)19-21(24-20(25)15-6-2-1-3-7-15)26-18-9-5-4-8-17(18)23-19/h1-13,21H,(H,24,25)/t21-/m0/s1. The van der Waals surface area contributed by atoms with Crippen LogP contribution >= 0.6 is 11.8 Å². The Hall–Kier alpha value is -2.92. The molecule has 1 amide bonds. The second-order valence-corrected chi connectivity index (χ2v) is 6.96. The summed E-state index contributed by atoms with van der Waals surface area (Å²) in [4.78, 5) is 18.3. The summed E-state index contributed by atoms with van der Waals surface area (Å²) in [6.45, 7) is 0. The van der Waals surface area contributed by atoms with Gasteiger partial charge in [0.1, 0.15) is 11.2 Å². The largest absolute Gasteiger partial charge is 0.334 e. The Kier molecular flexibility index (Phi) is 4.54. The van der Waals surface area contributed by atoms with Crippen molar-refractivity contribution in [2.24, 2.45) is 4.99 Å². The number of halogens is 1. The van der Waals surface area contributed by atoms with Gasteiger partial charge in [0.15, 0.2) is 0 Å². The molecule has 0 bridgehead atoms. The number of carbonyl (C=O) groups is 1. The summed E-state index contributed by atoms with van der Waals surface area (Å²) in [6, 6.07) is 23.0. The molecular formula is C21H15FN2OS. The Morgan fingerprint density at radius 1 is 0.923 bits per heavy atom. The van der Waals surface area contributed by atoms with Gasteiger partial charge in [-0.2, -0.15) is 0 Å². The highest BCUT2D eigenvalue weighted by Crippen LogP contribution is 2.38. The van der Waals surface area contributed by atoms with Crippen LogP contribution in [-0.4, -0.2) is 17.0 Å². The zero-order chi connectivity index (χ0) is 17.9. The topological polar surface area (TPSA) is 41.5 Å². The number of carbonyl (C=O) groups excluding carboxylic acids is 1. The van der Waals surface area contributed by atoms with Crippen molar-refractivity contribution in [2.45, 2.75) is 10.3 Å². The first-order valence-electron chi connectivity index (χ1n) is 8.17. The molecule has 1 atom stereocenters. The molecule has 0 aliphatic carbocycles. The lowest BCUT2D eigenvalue weighted by molar-refractivity contribution is 0.0956. The fraction of sp³-hybridized carbons (Fsp3) is 0.0476. The van der Waals surface area contributed by atoms with E-state index in [1.54, 1.807) is 24.3 Å². The summed E-state index contributed by atoms with van der Waals surface area (Å²) >= 11 is 1.53. The fourth-order valence-corrected chi connectivity index (χ4v) is 3.86. The van der Waals surface area contributed by atoms with E-state index in [4.69, 9.17) is 4.99 Å². The van der Waals surface area contributed by atoms with E-state index in [9.17, 15) is 9.18 Å². The minimum absolute atomic E-state index is 0.169. The van der Waals surface area contributed by atoms with E-state index in [0.717, 1.165) is 16.1 Å². The Balaban J connectivity index is 1.70. The maximum Gasteiger partial charge on any atom is 0.252 e. The van der Waals surface area contributed by atoms with Crippen LogP contribution in [0.5, 0.6) is 0 Å². The van der Waals surface area contributed by atoms with Crippen molar-refractivity contribution < 1.29 is 9.18 Å². The summed E-state index contributed by atoms with van der Waals surface area (Å²) in [5.74, 6) is -0.472. The fourth-order valence-electron chi connectivity index (χ4n) is 2.75. The number of aliphatic imine (C=N–C) groups is 1. The van der Waals surface area contributed by atoms with E-state index in [-0.39, 0.29) is 17.1 Å². The van der Waals surface area contributed by atoms with Gasteiger partial charge in [-0.05, 0) is 42.0 Å². The zero-order valence-electron chi connectivity index (χ0n) is 13.7. The van der Waals surface area contributed by atoms with E-state index >= 15 is 0 Å². The molecule has 0 radical (unpaired) electrons. The second kappa shape index (κ2) is 7.14. The molecule has 3 aromatic rings. The molecule has 1 heterocycles. The summed E-state index contributed by atoms with van der Waals surface area (Å²) < 4.78 is 13.3. The van der Waals surface area contributed by atoms with Crippen molar-refractivity contribution in [3.8, 4) is 0 Å².